The summed E-state index contributed by atoms with van der Waals surface area (Å²) >= 11 is 0. The van der Waals surface area contributed by atoms with Crippen LogP contribution < -0.4 is 11.1 Å². The second-order valence-electron chi connectivity index (χ2n) is 5.94. The second-order valence-corrected chi connectivity index (χ2v) is 5.94. The van der Waals surface area contributed by atoms with Gasteiger partial charge in [0.05, 0.1) is 11.9 Å². The lowest BCUT2D eigenvalue weighted by Crippen LogP contribution is -2.21. The van der Waals surface area contributed by atoms with E-state index in [-0.39, 0.29) is 24.3 Å². The number of aryl methyl sites for hydroxylation is 1. The number of hydrogen-bond donors (Lipinski definition) is 2. The summed E-state index contributed by atoms with van der Waals surface area (Å²) in [4.78, 5) is 24.1. The molecule has 2 rings (SSSR count). The van der Waals surface area contributed by atoms with E-state index in [0.29, 0.717) is 18.8 Å². The number of carbonyl (C=O) groups is 2. The maximum atomic E-state index is 12.4. The van der Waals surface area contributed by atoms with Crippen molar-refractivity contribution in [2.24, 2.45) is 11.7 Å². The summed E-state index contributed by atoms with van der Waals surface area (Å²) in [6, 6.07) is 0. The van der Waals surface area contributed by atoms with E-state index in [1.165, 1.54) is 15.6 Å². The lowest BCUT2D eigenvalue weighted by Gasteiger charge is -2.04. The molecule has 130 valence electrons. The van der Waals surface area contributed by atoms with Gasteiger partial charge in [0.15, 0.2) is 5.82 Å². The minimum Gasteiger partial charge on any atom is -0.330 e. The van der Waals surface area contributed by atoms with Gasteiger partial charge in [-0.25, -0.2) is 9.36 Å². The predicted molar refractivity (Wildman–Crippen MR) is 88.6 cm³/mol. The summed E-state index contributed by atoms with van der Waals surface area (Å²) in [7, 11) is 0. The first-order valence-corrected chi connectivity index (χ1v) is 7.82. The number of rotatable bonds is 6. The fourth-order valence-electron chi connectivity index (χ4n) is 2.33. The SMILES string of the molecule is Cc1nn(C(=O)Cn2cc(NC(=O)C(C)C)nn2)c(C)c1CCN. The first kappa shape index (κ1) is 17.8. The summed E-state index contributed by atoms with van der Waals surface area (Å²) < 4.78 is 2.74. The van der Waals surface area contributed by atoms with Gasteiger partial charge >= 0.3 is 0 Å². The Hall–Kier alpha value is -2.55. The Morgan fingerprint density at radius 1 is 1.33 bits per heavy atom. The van der Waals surface area contributed by atoms with Crippen LogP contribution >= 0.6 is 0 Å². The summed E-state index contributed by atoms with van der Waals surface area (Å²) in [5, 5.41) is 14.6. The average Bonchev–Trinajstić information content (AvgIpc) is 3.06. The van der Waals surface area contributed by atoms with E-state index in [4.69, 9.17) is 5.73 Å². The maximum absolute atomic E-state index is 12.4. The molecule has 0 aromatic carbocycles. The van der Waals surface area contributed by atoms with Crippen LogP contribution in [0.2, 0.25) is 0 Å². The van der Waals surface area contributed by atoms with E-state index in [9.17, 15) is 9.59 Å². The van der Waals surface area contributed by atoms with Crippen LogP contribution in [-0.2, 0) is 17.8 Å². The number of amides is 1. The number of hydrogen-bond acceptors (Lipinski definition) is 6. The summed E-state index contributed by atoms with van der Waals surface area (Å²) in [5.74, 6) is -0.227. The van der Waals surface area contributed by atoms with Gasteiger partial charge in [0.2, 0.25) is 5.91 Å². The average molecular weight is 333 g/mol. The highest BCUT2D eigenvalue weighted by Crippen LogP contribution is 2.13. The van der Waals surface area contributed by atoms with Crippen molar-refractivity contribution in [3.63, 3.8) is 0 Å². The van der Waals surface area contributed by atoms with Crippen molar-refractivity contribution in [3.8, 4) is 0 Å². The van der Waals surface area contributed by atoms with E-state index < -0.39 is 0 Å². The number of anilines is 1. The van der Waals surface area contributed by atoms with Crippen LogP contribution in [0, 0.1) is 19.8 Å². The zero-order chi connectivity index (χ0) is 17.9. The van der Waals surface area contributed by atoms with E-state index in [1.807, 2.05) is 13.8 Å². The first-order valence-electron chi connectivity index (χ1n) is 7.82. The van der Waals surface area contributed by atoms with Gasteiger partial charge in [-0.1, -0.05) is 19.1 Å². The van der Waals surface area contributed by atoms with E-state index >= 15 is 0 Å². The molecular weight excluding hydrogens is 310 g/mol. The Morgan fingerprint density at radius 2 is 2.04 bits per heavy atom. The van der Waals surface area contributed by atoms with Crippen LogP contribution in [0.3, 0.4) is 0 Å². The molecule has 9 nitrogen and oxygen atoms in total. The minimum atomic E-state index is -0.231. The van der Waals surface area contributed by atoms with Crippen molar-refractivity contribution in [1.82, 2.24) is 24.8 Å². The highest BCUT2D eigenvalue weighted by atomic mass is 16.2. The number of aromatic nitrogens is 5. The van der Waals surface area contributed by atoms with Crippen molar-refractivity contribution in [2.45, 2.75) is 40.7 Å². The molecule has 0 aliphatic heterocycles. The number of carbonyl (C=O) groups excluding carboxylic acids is 2. The zero-order valence-electron chi connectivity index (χ0n) is 14.4. The molecule has 1 amide bonds. The fraction of sp³-hybridized carbons (Fsp3) is 0.533. The molecule has 0 aliphatic carbocycles. The van der Waals surface area contributed by atoms with E-state index in [0.717, 1.165) is 17.0 Å². The van der Waals surface area contributed by atoms with Crippen LogP contribution in [0.25, 0.3) is 0 Å². The molecular formula is C15H23N7O2. The largest absolute Gasteiger partial charge is 0.330 e. The van der Waals surface area contributed by atoms with Gasteiger partial charge < -0.3 is 11.1 Å². The molecule has 0 unspecified atom stereocenters. The number of nitrogens with one attached hydrogen (secondary N) is 1. The quantitative estimate of drug-likeness (QED) is 0.795. The van der Waals surface area contributed by atoms with Crippen molar-refractivity contribution >= 4 is 17.6 Å². The molecule has 0 spiro atoms. The molecule has 0 saturated carbocycles. The Bertz CT molecular complexity index is 745. The molecule has 0 fully saturated rings. The Morgan fingerprint density at radius 3 is 2.67 bits per heavy atom. The summed E-state index contributed by atoms with van der Waals surface area (Å²) in [5.41, 5.74) is 8.18. The third-order valence-corrected chi connectivity index (χ3v) is 3.68. The molecule has 2 heterocycles. The highest BCUT2D eigenvalue weighted by molar-refractivity contribution is 5.91. The molecule has 0 atom stereocenters. The maximum Gasteiger partial charge on any atom is 0.268 e. The molecule has 0 bridgehead atoms. The zero-order valence-corrected chi connectivity index (χ0v) is 14.4. The molecule has 9 heteroatoms. The molecule has 0 aliphatic rings. The first-order chi connectivity index (χ1) is 11.3. The second kappa shape index (κ2) is 7.35. The van der Waals surface area contributed by atoms with Crippen molar-refractivity contribution in [1.29, 1.82) is 0 Å². The molecule has 2 aromatic heterocycles. The van der Waals surface area contributed by atoms with Gasteiger partial charge in [-0.2, -0.15) is 5.10 Å². The van der Waals surface area contributed by atoms with Crippen LogP contribution in [-0.4, -0.2) is 43.1 Å². The van der Waals surface area contributed by atoms with Gasteiger partial charge in [0.25, 0.3) is 5.91 Å². The molecule has 3 N–H and O–H groups in total. The predicted octanol–water partition coefficient (Wildman–Crippen LogP) is 0.528. The van der Waals surface area contributed by atoms with Crippen LogP contribution in [0.15, 0.2) is 6.20 Å². The Balaban J connectivity index is 2.09. The van der Waals surface area contributed by atoms with Gasteiger partial charge in [0, 0.05) is 11.6 Å². The van der Waals surface area contributed by atoms with E-state index in [1.54, 1.807) is 13.8 Å². The molecule has 2 aromatic rings. The highest BCUT2D eigenvalue weighted by Gasteiger charge is 2.17. The van der Waals surface area contributed by atoms with Gasteiger partial charge in [-0.15, -0.1) is 5.10 Å². The summed E-state index contributed by atoms with van der Waals surface area (Å²) in [6.07, 6.45) is 2.20. The molecule has 0 saturated heterocycles. The van der Waals surface area contributed by atoms with Gasteiger partial charge in [0.1, 0.15) is 6.54 Å². The van der Waals surface area contributed by atoms with Crippen LogP contribution in [0.1, 0.15) is 35.6 Å². The summed E-state index contributed by atoms with van der Waals surface area (Å²) in [6.45, 7) is 7.75. The Kier molecular flexibility index (Phi) is 5.45. The monoisotopic (exact) mass is 333 g/mol. The van der Waals surface area contributed by atoms with Crippen LogP contribution in [0.4, 0.5) is 5.82 Å². The van der Waals surface area contributed by atoms with Gasteiger partial charge in [-0.3, -0.25) is 9.59 Å². The third kappa shape index (κ3) is 3.85. The fourth-order valence-corrected chi connectivity index (χ4v) is 2.33. The standard InChI is InChI=1S/C15H23N7O2/c1-9(2)15(24)17-13-7-21(20-18-13)8-14(23)22-11(4)12(5-6-16)10(3)19-22/h7,9H,5-6,8,16H2,1-4H3,(H,17,24). The van der Waals surface area contributed by atoms with Crippen molar-refractivity contribution in [2.75, 3.05) is 11.9 Å². The Labute approximate surface area is 140 Å². The van der Waals surface area contributed by atoms with Crippen LogP contribution in [0.5, 0.6) is 0 Å². The normalized spacial score (nSPS) is 11.1. The van der Waals surface area contributed by atoms with E-state index in [2.05, 4.69) is 20.7 Å². The smallest absolute Gasteiger partial charge is 0.268 e. The lowest BCUT2D eigenvalue weighted by molar-refractivity contribution is -0.118. The minimum absolute atomic E-state index is 0.0193. The number of nitrogens with two attached hydrogens (primary N) is 1. The lowest BCUT2D eigenvalue weighted by atomic mass is 10.1. The van der Waals surface area contributed by atoms with Gasteiger partial charge in [-0.05, 0) is 32.4 Å². The molecule has 0 radical (unpaired) electrons. The molecule has 24 heavy (non-hydrogen) atoms. The third-order valence-electron chi connectivity index (χ3n) is 3.68. The van der Waals surface area contributed by atoms with Crippen molar-refractivity contribution < 1.29 is 9.59 Å². The topological polar surface area (TPSA) is 121 Å². The number of nitrogens with zero attached hydrogens (tertiary/aromatic N) is 5. The van der Waals surface area contributed by atoms with Crippen molar-refractivity contribution in [3.05, 3.63) is 23.1 Å².